The molecule has 0 aromatic carbocycles. The van der Waals surface area contributed by atoms with Crippen molar-refractivity contribution >= 4 is 12.1 Å². The lowest BCUT2D eigenvalue weighted by molar-refractivity contribution is 0.0166. The molecule has 2 aliphatic rings. The monoisotopic (exact) mass is 374 g/mol. The number of hydrogen-bond donors (Lipinski definition) is 2. The van der Waals surface area contributed by atoms with E-state index in [2.05, 4.69) is 15.6 Å². The van der Waals surface area contributed by atoms with E-state index in [4.69, 9.17) is 4.74 Å². The molecular formula is C20H30N4O3. The van der Waals surface area contributed by atoms with Gasteiger partial charge in [0, 0.05) is 38.6 Å². The summed E-state index contributed by atoms with van der Waals surface area (Å²) in [6.07, 6.45) is 6.30. The first kappa shape index (κ1) is 19.5. The number of aromatic nitrogens is 1. The largest absolute Gasteiger partial charge is 0.444 e. The van der Waals surface area contributed by atoms with Crippen molar-refractivity contribution in [2.75, 3.05) is 19.6 Å². The van der Waals surface area contributed by atoms with Gasteiger partial charge in [-0.2, -0.15) is 0 Å². The van der Waals surface area contributed by atoms with Crippen LogP contribution < -0.4 is 10.6 Å². The minimum atomic E-state index is -0.456. The fraction of sp³-hybridized carbons (Fsp3) is 0.650. The number of pyridine rings is 1. The van der Waals surface area contributed by atoms with E-state index in [1.54, 1.807) is 17.3 Å². The fourth-order valence-corrected chi connectivity index (χ4v) is 3.76. The van der Waals surface area contributed by atoms with Crippen LogP contribution in [0.25, 0.3) is 0 Å². The average Bonchev–Trinajstić information content (AvgIpc) is 3.30. The molecule has 1 aliphatic carbocycles. The van der Waals surface area contributed by atoms with E-state index >= 15 is 0 Å². The molecule has 1 saturated heterocycles. The summed E-state index contributed by atoms with van der Waals surface area (Å²) >= 11 is 0. The van der Waals surface area contributed by atoms with Crippen LogP contribution in [0.4, 0.5) is 9.59 Å². The Morgan fingerprint density at radius 3 is 2.52 bits per heavy atom. The summed E-state index contributed by atoms with van der Waals surface area (Å²) in [4.78, 5) is 29.9. The van der Waals surface area contributed by atoms with Crippen LogP contribution in [0.3, 0.4) is 0 Å². The van der Waals surface area contributed by atoms with E-state index in [1.807, 2.05) is 32.9 Å². The molecule has 2 N–H and O–H groups in total. The van der Waals surface area contributed by atoms with Gasteiger partial charge >= 0.3 is 12.1 Å². The first-order valence-corrected chi connectivity index (χ1v) is 9.66. The molecule has 1 aromatic rings. The second-order valence-corrected chi connectivity index (χ2v) is 8.65. The molecule has 7 heteroatoms. The van der Waals surface area contributed by atoms with E-state index in [-0.39, 0.29) is 17.5 Å². The van der Waals surface area contributed by atoms with Crippen molar-refractivity contribution in [1.82, 2.24) is 20.5 Å². The number of rotatable bonds is 4. The van der Waals surface area contributed by atoms with Crippen LogP contribution in [0, 0.1) is 11.3 Å². The van der Waals surface area contributed by atoms with Crippen molar-refractivity contribution < 1.29 is 14.3 Å². The number of carbonyl (C=O) groups excluding carboxylic acids is 2. The molecule has 7 nitrogen and oxygen atoms in total. The van der Waals surface area contributed by atoms with Crippen LogP contribution >= 0.6 is 0 Å². The van der Waals surface area contributed by atoms with Crippen molar-refractivity contribution in [1.29, 1.82) is 0 Å². The summed E-state index contributed by atoms with van der Waals surface area (Å²) in [7, 11) is 0. The van der Waals surface area contributed by atoms with E-state index in [1.165, 1.54) is 0 Å². The van der Waals surface area contributed by atoms with Gasteiger partial charge in [-0.1, -0.05) is 0 Å². The van der Waals surface area contributed by atoms with Gasteiger partial charge in [0.25, 0.3) is 0 Å². The maximum Gasteiger partial charge on any atom is 0.410 e. The molecule has 3 amide bonds. The molecular weight excluding hydrogens is 344 g/mol. The van der Waals surface area contributed by atoms with Gasteiger partial charge in [0.2, 0.25) is 0 Å². The molecule has 2 fully saturated rings. The Bertz CT molecular complexity index is 664. The van der Waals surface area contributed by atoms with Gasteiger partial charge in [-0.25, -0.2) is 9.59 Å². The number of hydrogen-bond acceptors (Lipinski definition) is 4. The summed E-state index contributed by atoms with van der Waals surface area (Å²) in [5.41, 5.74) is 0.858. The SMILES string of the molecule is CC(C)(C)OC(=O)N1CCC2(CC1)CC2CNC(=O)NCc1ccncc1. The van der Waals surface area contributed by atoms with E-state index in [0.29, 0.717) is 19.0 Å². The van der Waals surface area contributed by atoms with Gasteiger partial charge < -0.3 is 20.3 Å². The smallest absolute Gasteiger partial charge is 0.410 e. The number of ether oxygens (including phenoxy) is 1. The number of piperidine rings is 1. The summed E-state index contributed by atoms with van der Waals surface area (Å²) in [6, 6.07) is 3.63. The lowest BCUT2D eigenvalue weighted by Gasteiger charge is -2.34. The molecule has 1 aromatic heterocycles. The third-order valence-corrected chi connectivity index (χ3v) is 5.48. The molecule has 1 spiro atoms. The number of carbonyl (C=O) groups is 2. The summed E-state index contributed by atoms with van der Waals surface area (Å²) in [5, 5.41) is 5.85. The van der Waals surface area contributed by atoms with Crippen molar-refractivity contribution in [3.63, 3.8) is 0 Å². The summed E-state index contributed by atoms with van der Waals surface area (Å²) < 4.78 is 5.45. The van der Waals surface area contributed by atoms with Crippen molar-refractivity contribution in [3.05, 3.63) is 30.1 Å². The molecule has 3 rings (SSSR count). The number of urea groups is 1. The van der Waals surface area contributed by atoms with Crippen molar-refractivity contribution in [2.24, 2.45) is 11.3 Å². The second kappa shape index (κ2) is 7.74. The minimum Gasteiger partial charge on any atom is -0.444 e. The van der Waals surface area contributed by atoms with Gasteiger partial charge in [-0.3, -0.25) is 4.98 Å². The van der Waals surface area contributed by atoms with Crippen LogP contribution in [0.1, 0.15) is 45.6 Å². The van der Waals surface area contributed by atoms with Crippen LogP contribution in [0.15, 0.2) is 24.5 Å². The quantitative estimate of drug-likeness (QED) is 0.849. The molecule has 0 bridgehead atoms. The Balaban J connectivity index is 1.35. The maximum atomic E-state index is 12.2. The van der Waals surface area contributed by atoms with Gasteiger partial charge in [0.05, 0.1) is 0 Å². The molecule has 1 atom stereocenters. The van der Waals surface area contributed by atoms with Crippen LogP contribution in [-0.4, -0.2) is 47.2 Å². The van der Waals surface area contributed by atoms with Gasteiger partial charge in [-0.05, 0) is 69.1 Å². The Kier molecular flexibility index (Phi) is 5.58. The summed E-state index contributed by atoms with van der Waals surface area (Å²) in [5.74, 6) is 0.505. The molecule has 27 heavy (non-hydrogen) atoms. The first-order valence-electron chi connectivity index (χ1n) is 9.66. The number of nitrogens with one attached hydrogen (secondary N) is 2. The highest BCUT2D eigenvalue weighted by Gasteiger charge is 2.55. The van der Waals surface area contributed by atoms with Gasteiger partial charge in [0.15, 0.2) is 0 Å². The van der Waals surface area contributed by atoms with Gasteiger partial charge in [0.1, 0.15) is 5.60 Å². The average molecular weight is 374 g/mol. The normalized spacial score (nSPS) is 20.9. The third-order valence-electron chi connectivity index (χ3n) is 5.48. The van der Waals surface area contributed by atoms with E-state index < -0.39 is 5.60 Å². The van der Waals surface area contributed by atoms with Crippen molar-refractivity contribution in [2.45, 2.75) is 52.2 Å². The molecule has 1 saturated carbocycles. The maximum absolute atomic E-state index is 12.2. The highest BCUT2D eigenvalue weighted by Crippen LogP contribution is 2.59. The Morgan fingerprint density at radius 1 is 1.22 bits per heavy atom. The number of nitrogens with zero attached hydrogens (tertiary/aromatic N) is 2. The Labute approximate surface area is 160 Å². The third kappa shape index (κ3) is 5.34. The van der Waals surface area contributed by atoms with E-state index in [0.717, 1.165) is 37.9 Å². The van der Waals surface area contributed by atoms with E-state index in [9.17, 15) is 9.59 Å². The van der Waals surface area contributed by atoms with Crippen LogP contribution in [-0.2, 0) is 11.3 Å². The second-order valence-electron chi connectivity index (χ2n) is 8.65. The predicted molar refractivity (Wildman–Crippen MR) is 102 cm³/mol. The molecule has 2 heterocycles. The summed E-state index contributed by atoms with van der Waals surface area (Å²) in [6.45, 7) is 8.32. The van der Waals surface area contributed by atoms with Gasteiger partial charge in [-0.15, -0.1) is 0 Å². The first-order chi connectivity index (χ1) is 12.8. The zero-order valence-electron chi connectivity index (χ0n) is 16.5. The number of likely N-dealkylation sites (tertiary alicyclic amines) is 1. The Hall–Kier alpha value is -2.31. The zero-order valence-corrected chi connectivity index (χ0v) is 16.5. The predicted octanol–water partition coefficient (Wildman–Crippen LogP) is 2.92. The van der Waals surface area contributed by atoms with Crippen LogP contribution in [0.2, 0.25) is 0 Å². The number of amides is 3. The topological polar surface area (TPSA) is 83.6 Å². The molecule has 0 radical (unpaired) electrons. The van der Waals surface area contributed by atoms with Crippen molar-refractivity contribution in [3.8, 4) is 0 Å². The lowest BCUT2D eigenvalue weighted by Crippen LogP contribution is -2.43. The highest BCUT2D eigenvalue weighted by atomic mass is 16.6. The Morgan fingerprint density at radius 2 is 1.89 bits per heavy atom. The molecule has 148 valence electrons. The standard InChI is InChI=1S/C20H30N4O3/c1-19(2,3)27-18(26)24-10-6-20(7-11-24)12-16(20)14-23-17(25)22-13-15-4-8-21-9-5-15/h4-5,8-9,16H,6-7,10-14H2,1-3H3,(H2,22,23,25). The zero-order chi connectivity index (χ0) is 19.5. The highest BCUT2D eigenvalue weighted by molar-refractivity contribution is 5.73. The molecule has 1 aliphatic heterocycles. The lowest BCUT2D eigenvalue weighted by atomic mass is 9.91. The fourth-order valence-electron chi connectivity index (χ4n) is 3.76. The minimum absolute atomic E-state index is 0.139. The molecule has 1 unspecified atom stereocenters. The van der Waals surface area contributed by atoms with Crippen LogP contribution in [0.5, 0.6) is 0 Å².